The first-order valence-corrected chi connectivity index (χ1v) is 4.00. The van der Waals surface area contributed by atoms with Gasteiger partial charge in [0.25, 0.3) is 0 Å². The average molecular weight is 208 g/mol. The highest BCUT2D eigenvalue weighted by molar-refractivity contribution is 5.89. The maximum Gasteiger partial charge on any atom is 0.325 e. The number of nitriles is 1. The molecule has 0 fully saturated rings. The van der Waals surface area contributed by atoms with Gasteiger partial charge in [0, 0.05) is 6.92 Å². The molecule has 1 heterocycles. The Morgan fingerprint density at radius 2 is 2.40 bits per heavy atom. The second-order valence-corrected chi connectivity index (χ2v) is 2.75. The summed E-state index contributed by atoms with van der Waals surface area (Å²) in [7, 11) is 0. The lowest BCUT2D eigenvalue weighted by atomic mass is 10.3. The molecule has 0 aliphatic carbocycles. The highest BCUT2D eigenvalue weighted by atomic mass is 16.4. The highest BCUT2D eigenvalue weighted by Gasteiger charge is 2.13. The van der Waals surface area contributed by atoms with Crippen LogP contribution in [0.4, 0.5) is 5.82 Å². The predicted molar refractivity (Wildman–Crippen MR) is 48.9 cm³/mol. The van der Waals surface area contributed by atoms with Crippen molar-refractivity contribution in [2.75, 3.05) is 5.32 Å². The fraction of sp³-hybridized carbons (Fsp3) is 0.250. The van der Waals surface area contributed by atoms with Gasteiger partial charge >= 0.3 is 5.97 Å². The molecule has 7 heteroatoms. The molecule has 15 heavy (non-hydrogen) atoms. The minimum Gasteiger partial charge on any atom is -0.480 e. The number of carboxylic acids is 1. The van der Waals surface area contributed by atoms with E-state index in [4.69, 9.17) is 10.4 Å². The Hall–Kier alpha value is -2.36. The van der Waals surface area contributed by atoms with Crippen LogP contribution in [0, 0.1) is 11.3 Å². The molecule has 0 unspecified atom stereocenters. The average Bonchev–Trinajstić information content (AvgIpc) is 2.47. The molecule has 0 aliphatic heterocycles. The van der Waals surface area contributed by atoms with Crippen molar-refractivity contribution in [3.63, 3.8) is 0 Å². The number of anilines is 1. The molecule has 0 bridgehead atoms. The Labute approximate surface area is 84.9 Å². The van der Waals surface area contributed by atoms with Gasteiger partial charge in [-0.1, -0.05) is 0 Å². The third kappa shape index (κ3) is 2.54. The van der Waals surface area contributed by atoms with Crippen LogP contribution in [0.5, 0.6) is 0 Å². The molecule has 0 spiro atoms. The number of aromatic nitrogens is 2. The van der Waals surface area contributed by atoms with E-state index in [2.05, 4.69) is 10.4 Å². The van der Waals surface area contributed by atoms with E-state index in [9.17, 15) is 9.59 Å². The van der Waals surface area contributed by atoms with Crippen LogP contribution in [0.2, 0.25) is 0 Å². The zero-order valence-corrected chi connectivity index (χ0v) is 7.89. The van der Waals surface area contributed by atoms with Gasteiger partial charge in [-0.15, -0.1) is 0 Å². The first-order chi connectivity index (χ1) is 7.04. The molecule has 0 saturated heterocycles. The standard InChI is InChI=1S/C8H8N4O3/c1-5(13)11-8-6(2-9)3-10-12(8)4-7(14)15/h3H,4H2,1H3,(H,11,13)(H,14,15). The van der Waals surface area contributed by atoms with Crippen molar-refractivity contribution in [3.05, 3.63) is 11.8 Å². The number of nitrogens with one attached hydrogen (secondary N) is 1. The zero-order chi connectivity index (χ0) is 11.4. The number of hydrogen-bond acceptors (Lipinski definition) is 4. The molecule has 78 valence electrons. The molecule has 0 saturated carbocycles. The van der Waals surface area contributed by atoms with Crippen LogP contribution < -0.4 is 5.32 Å². The third-order valence-corrected chi connectivity index (χ3v) is 1.54. The van der Waals surface area contributed by atoms with Crippen LogP contribution in [-0.2, 0) is 16.1 Å². The van der Waals surface area contributed by atoms with E-state index >= 15 is 0 Å². The number of aliphatic carboxylic acids is 1. The van der Waals surface area contributed by atoms with Crippen molar-refractivity contribution in [2.45, 2.75) is 13.5 Å². The van der Waals surface area contributed by atoms with Gasteiger partial charge in [0.1, 0.15) is 24.0 Å². The lowest BCUT2D eigenvalue weighted by Crippen LogP contribution is -2.16. The molecular formula is C8H8N4O3. The lowest BCUT2D eigenvalue weighted by Gasteiger charge is -2.04. The summed E-state index contributed by atoms with van der Waals surface area (Å²) in [5.74, 6) is -1.39. The number of carbonyl (C=O) groups is 2. The monoisotopic (exact) mass is 208 g/mol. The van der Waals surface area contributed by atoms with Crippen LogP contribution in [0.3, 0.4) is 0 Å². The Balaban J connectivity index is 3.06. The van der Waals surface area contributed by atoms with E-state index in [1.807, 2.05) is 0 Å². The van der Waals surface area contributed by atoms with Crippen LogP contribution in [0.1, 0.15) is 12.5 Å². The molecule has 0 atom stereocenters. The Kier molecular flexibility index (Phi) is 3.03. The summed E-state index contributed by atoms with van der Waals surface area (Å²) >= 11 is 0. The maximum absolute atomic E-state index is 10.8. The highest BCUT2D eigenvalue weighted by Crippen LogP contribution is 2.13. The Morgan fingerprint density at radius 1 is 1.73 bits per heavy atom. The van der Waals surface area contributed by atoms with Crippen LogP contribution in [0.15, 0.2) is 6.20 Å². The van der Waals surface area contributed by atoms with Gasteiger partial charge in [0.15, 0.2) is 0 Å². The third-order valence-electron chi connectivity index (χ3n) is 1.54. The van der Waals surface area contributed by atoms with Gasteiger partial charge in [0.2, 0.25) is 5.91 Å². The van der Waals surface area contributed by atoms with Crippen molar-refractivity contribution in [1.82, 2.24) is 9.78 Å². The van der Waals surface area contributed by atoms with Crippen molar-refractivity contribution >= 4 is 17.7 Å². The molecule has 1 aromatic heterocycles. The summed E-state index contributed by atoms with van der Waals surface area (Å²) < 4.78 is 1.04. The summed E-state index contributed by atoms with van der Waals surface area (Å²) in [6.07, 6.45) is 1.20. The van der Waals surface area contributed by atoms with Crippen LogP contribution in [0.25, 0.3) is 0 Å². The zero-order valence-electron chi connectivity index (χ0n) is 7.89. The number of carboxylic acid groups (broad SMARTS) is 1. The van der Waals surface area contributed by atoms with E-state index in [1.165, 1.54) is 13.1 Å². The van der Waals surface area contributed by atoms with Crippen LogP contribution in [-0.4, -0.2) is 26.8 Å². The van der Waals surface area contributed by atoms with Gasteiger partial charge in [-0.3, -0.25) is 9.59 Å². The first kappa shape index (κ1) is 10.7. The van der Waals surface area contributed by atoms with E-state index in [-0.39, 0.29) is 11.4 Å². The van der Waals surface area contributed by atoms with E-state index in [0.29, 0.717) is 0 Å². The summed E-state index contributed by atoms with van der Waals surface area (Å²) in [5, 5.41) is 23.3. The molecule has 0 aliphatic rings. The topological polar surface area (TPSA) is 108 Å². The summed E-state index contributed by atoms with van der Waals surface area (Å²) in [6.45, 7) is 0.858. The molecule has 0 radical (unpaired) electrons. The second kappa shape index (κ2) is 4.23. The summed E-state index contributed by atoms with van der Waals surface area (Å²) in [5.41, 5.74) is 0.131. The molecule has 1 rings (SSSR count). The molecule has 2 N–H and O–H groups in total. The molecule has 1 amide bonds. The van der Waals surface area contributed by atoms with Gasteiger partial charge in [-0.25, -0.2) is 4.68 Å². The van der Waals surface area contributed by atoms with Gasteiger partial charge in [0.05, 0.1) is 6.20 Å². The van der Waals surface area contributed by atoms with Gasteiger partial charge < -0.3 is 10.4 Å². The first-order valence-electron chi connectivity index (χ1n) is 4.00. The van der Waals surface area contributed by atoms with Crippen molar-refractivity contribution in [1.29, 1.82) is 5.26 Å². The lowest BCUT2D eigenvalue weighted by molar-refractivity contribution is -0.137. The van der Waals surface area contributed by atoms with Gasteiger partial charge in [-0.05, 0) is 0 Å². The minimum atomic E-state index is -1.10. The molecule has 7 nitrogen and oxygen atoms in total. The van der Waals surface area contributed by atoms with E-state index < -0.39 is 18.4 Å². The van der Waals surface area contributed by atoms with E-state index in [1.54, 1.807) is 6.07 Å². The van der Waals surface area contributed by atoms with Crippen LogP contribution >= 0.6 is 0 Å². The number of carbonyl (C=O) groups excluding carboxylic acids is 1. The number of nitrogens with zero attached hydrogens (tertiary/aromatic N) is 3. The van der Waals surface area contributed by atoms with E-state index in [0.717, 1.165) is 4.68 Å². The molecular weight excluding hydrogens is 200 g/mol. The fourth-order valence-electron chi connectivity index (χ4n) is 1.01. The quantitative estimate of drug-likeness (QED) is 0.714. The Bertz CT molecular complexity index is 443. The molecule has 1 aromatic rings. The normalized spacial score (nSPS) is 9.33. The van der Waals surface area contributed by atoms with Crippen molar-refractivity contribution < 1.29 is 14.7 Å². The van der Waals surface area contributed by atoms with Crippen molar-refractivity contribution in [3.8, 4) is 6.07 Å². The smallest absolute Gasteiger partial charge is 0.325 e. The maximum atomic E-state index is 10.8. The summed E-state index contributed by atoms with van der Waals surface area (Å²) in [6, 6.07) is 1.80. The van der Waals surface area contributed by atoms with Crippen molar-refractivity contribution in [2.24, 2.45) is 0 Å². The summed E-state index contributed by atoms with van der Waals surface area (Å²) in [4.78, 5) is 21.3. The molecule has 0 aromatic carbocycles. The minimum absolute atomic E-state index is 0.104. The van der Waals surface area contributed by atoms with Gasteiger partial charge in [-0.2, -0.15) is 10.4 Å². The largest absolute Gasteiger partial charge is 0.480 e. The second-order valence-electron chi connectivity index (χ2n) is 2.75. The number of hydrogen-bond donors (Lipinski definition) is 2. The Morgan fingerprint density at radius 3 is 2.87 bits per heavy atom. The fourth-order valence-corrected chi connectivity index (χ4v) is 1.01. The SMILES string of the molecule is CC(=O)Nc1c(C#N)cnn1CC(=O)O. The number of amides is 1. The number of rotatable bonds is 3. The predicted octanol–water partition coefficient (Wildman–Crippen LogP) is -0.202.